The summed E-state index contributed by atoms with van der Waals surface area (Å²) in [7, 11) is 1.53. The summed E-state index contributed by atoms with van der Waals surface area (Å²) in [5.41, 5.74) is 0. The molecule has 0 bridgehead atoms. The normalized spacial score (nSPS) is 15.0. The van der Waals surface area contributed by atoms with E-state index in [2.05, 4.69) is 116 Å². The highest BCUT2D eigenvalue weighted by molar-refractivity contribution is 7.47. The van der Waals surface area contributed by atoms with E-state index >= 15 is 0 Å². The van der Waals surface area contributed by atoms with E-state index in [0.717, 1.165) is 103 Å². The number of carbonyl (C=O) groups is 1. The zero-order chi connectivity index (χ0) is 47.1. The number of quaternary nitrogens is 1. The van der Waals surface area contributed by atoms with Gasteiger partial charge in [0, 0.05) is 6.42 Å². The minimum absolute atomic E-state index is 0.0499. The average Bonchev–Trinajstić information content (AvgIpc) is 3.25. The molecular formula is C55H96N2O6P+. The van der Waals surface area contributed by atoms with Crippen molar-refractivity contribution in [2.75, 3.05) is 40.9 Å². The summed E-state index contributed by atoms with van der Waals surface area (Å²) >= 11 is 0. The van der Waals surface area contributed by atoms with Crippen LogP contribution in [0.15, 0.2) is 109 Å². The first-order valence-corrected chi connectivity index (χ1v) is 26.8. The van der Waals surface area contributed by atoms with Crippen LogP contribution >= 0.6 is 7.82 Å². The minimum atomic E-state index is -4.35. The van der Waals surface area contributed by atoms with Crippen LogP contribution < -0.4 is 5.32 Å². The van der Waals surface area contributed by atoms with Crippen molar-refractivity contribution < 1.29 is 32.9 Å². The number of nitrogens with zero attached hydrogens (tertiary/aromatic N) is 1. The van der Waals surface area contributed by atoms with Gasteiger partial charge in [-0.3, -0.25) is 13.8 Å². The summed E-state index contributed by atoms with van der Waals surface area (Å²) in [5.74, 6) is -0.208. The highest BCUT2D eigenvalue weighted by atomic mass is 31.2. The maximum Gasteiger partial charge on any atom is 0.472 e. The number of unbranched alkanes of at least 4 members (excludes halogenated alkanes) is 15. The predicted octanol–water partition coefficient (Wildman–Crippen LogP) is 14.9. The van der Waals surface area contributed by atoms with E-state index in [4.69, 9.17) is 9.05 Å². The molecule has 3 unspecified atom stereocenters. The van der Waals surface area contributed by atoms with E-state index < -0.39 is 20.0 Å². The molecule has 0 radical (unpaired) electrons. The molecule has 0 aliphatic carbocycles. The molecule has 3 N–H and O–H groups in total. The number of hydrogen-bond donors (Lipinski definition) is 3. The summed E-state index contributed by atoms with van der Waals surface area (Å²) < 4.78 is 23.6. The molecule has 0 heterocycles. The van der Waals surface area contributed by atoms with E-state index in [1.165, 1.54) is 57.8 Å². The van der Waals surface area contributed by atoms with E-state index in [1.807, 2.05) is 27.2 Å². The van der Waals surface area contributed by atoms with E-state index in [1.54, 1.807) is 6.08 Å². The van der Waals surface area contributed by atoms with Gasteiger partial charge < -0.3 is 19.8 Å². The van der Waals surface area contributed by atoms with Gasteiger partial charge in [-0.1, -0.05) is 200 Å². The number of nitrogens with one attached hydrogen (secondary N) is 1. The molecule has 0 fully saturated rings. The van der Waals surface area contributed by atoms with Crippen molar-refractivity contribution >= 4 is 13.7 Å². The van der Waals surface area contributed by atoms with Gasteiger partial charge in [-0.25, -0.2) is 4.57 Å². The summed E-state index contributed by atoms with van der Waals surface area (Å²) in [6.07, 6.45) is 65.9. The van der Waals surface area contributed by atoms with Crippen molar-refractivity contribution in [2.24, 2.45) is 0 Å². The Kier molecular flexibility index (Phi) is 43.3. The van der Waals surface area contributed by atoms with Gasteiger partial charge in [-0.2, -0.15) is 0 Å². The number of amides is 1. The largest absolute Gasteiger partial charge is 0.472 e. The molecule has 64 heavy (non-hydrogen) atoms. The SMILES string of the molecule is CC/C=C\C/C=C\C/C=C\C/C=C\C/C=C\C/C=C\C/C=C\C/C=C\CCCCCCC(=O)NC(COP(=O)(O)OCC[N+](C)(C)C)C(O)/C=C/CCCCCCCCCCCCC. The molecule has 0 aliphatic rings. The molecule has 1 amide bonds. The van der Waals surface area contributed by atoms with Crippen molar-refractivity contribution in [3.63, 3.8) is 0 Å². The first-order valence-electron chi connectivity index (χ1n) is 25.3. The highest BCUT2D eigenvalue weighted by Crippen LogP contribution is 2.43. The number of phosphoric ester groups is 1. The summed E-state index contributed by atoms with van der Waals surface area (Å²) in [5, 5.41) is 13.8. The molecule has 366 valence electrons. The molecule has 9 heteroatoms. The van der Waals surface area contributed by atoms with Crippen LogP contribution in [0.4, 0.5) is 0 Å². The Morgan fingerprint density at radius 3 is 1.38 bits per heavy atom. The lowest BCUT2D eigenvalue weighted by Crippen LogP contribution is -2.45. The second-order valence-corrected chi connectivity index (χ2v) is 19.3. The van der Waals surface area contributed by atoms with Crippen molar-refractivity contribution in [3.8, 4) is 0 Å². The third-order valence-electron chi connectivity index (χ3n) is 10.5. The average molecular weight is 912 g/mol. The van der Waals surface area contributed by atoms with E-state index in [-0.39, 0.29) is 19.1 Å². The number of hydrogen-bond acceptors (Lipinski definition) is 5. The lowest BCUT2D eigenvalue weighted by Gasteiger charge is -2.25. The predicted molar refractivity (Wildman–Crippen MR) is 276 cm³/mol. The quantitative estimate of drug-likeness (QED) is 0.0243. The Labute approximate surface area is 393 Å². The van der Waals surface area contributed by atoms with Gasteiger partial charge in [0.05, 0.1) is 39.9 Å². The highest BCUT2D eigenvalue weighted by Gasteiger charge is 2.27. The Bertz CT molecular complexity index is 1400. The summed E-state index contributed by atoms with van der Waals surface area (Å²) in [4.78, 5) is 23.2. The summed E-state index contributed by atoms with van der Waals surface area (Å²) in [6, 6.07) is -0.867. The number of aliphatic hydroxyl groups excluding tert-OH is 1. The van der Waals surface area contributed by atoms with Crippen LogP contribution in [0.5, 0.6) is 0 Å². The molecule has 0 rings (SSSR count). The molecular weight excluding hydrogens is 816 g/mol. The molecule has 0 saturated heterocycles. The Morgan fingerprint density at radius 2 is 0.938 bits per heavy atom. The first kappa shape index (κ1) is 61.2. The van der Waals surface area contributed by atoms with Crippen LogP contribution in [-0.4, -0.2) is 73.4 Å². The Morgan fingerprint density at radius 1 is 0.547 bits per heavy atom. The van der Waals surface area contributed by atoms with Crippen molar-refractivity contribution in [1.29, 1.82) is 0 Å². The standard InChI is InChI=1S/C55H95N2O6P/c1-6-8-10-12-14-16-18-20-21-22-23-24-25-26-27-28-29-30-31-32-33-34-35-37-39-41-43-45-47-49-55(59)56-53(52-63-64(60,61)62-51-50-57(3,4)5)54(58)48-46-44-42-40-38-36-19-17-15-13-11-9-7-2/h8,10,14,16,20-21,23-24,26-27,29-30,32-33,35,37,46,48,53-54,58H,6-7,9,11-13,15,17-19,22,25,28,31,34,36,38-45,47,49-52H2,1-5H3,(H-,56,59,60,61)/p+1/b10-8-,16-14-,21-20-,24-23-,27-26-,30-29-,33-32-,37-35-,48-46+. The fraction of sp³-hybridized carbons (Fsp3) is 0.655. The zero-order valence-electron chi connectivity index (χ0n) is 41.5. The van der Waals surface area contributed by atoms with Gasteiger partial charge >= 0.3 is 7.82 Å². The van der Waals surface area contributed by atoms with E-state index in [9.17, 15) is 19.4 Å². The van der Waals surface area contributed by atoms with Gasteiger partial charge in [0.15, 0.2) is 0 Å². The smallest absolute Gasteiger partial charge is 0.387 e. The first-order chi connectivity index (χ1) is 31.0. The number of aliphatic hydroxyl groups is 1. The van der Waals surface area contributed by atoms with Crippen LogP contribution in [-0.2, 0) is 18.4 Å². The van der Waals surface area contributed by atoms with Crippen molar-refractivity contribution in [2.45, 2.75) is 193 Å². The molecule has 3 atom stereocenters. The lowest BCUT2D eigenvalue weighted by atomic mass is 10.0. The van der Waals surface area contributed by atoms with Gasteiger partial charge in [-0.15, -0.1) is 0 Å². The fourth-order valence-corrected chi connectivity index (χ4v) is 7.26. The third-order valence-corrected chi connectivity index (χ3v) is 11.5. The Hall–Kier alpha value is -2.84. The molecule has 0 spiro atoms. The molecule has 0 aromatic rings. The maximum absolute atomic E-state index is 12.9. The van der Waals surface area contributed by atoms with Crippen molar-refractivity contribution in [3.05, 3.63) is 109 Å². The number of rotatable bonds is 44. The number of carbonyl (C=O) groups excluding carboxylic acids is 1. The topological polar surface area (TPSA) is 105 Å². The van der Waals surface area contributed by atoms with Gasteiger partial charge in [0.2, 0.25) is 5.91 Å². The fourth-order valence-electron chi connectivity index (χ4n) is 6.53. The molecule has 0 aromatic carbocycles. The maximum atomic E-state index is 12.9. The van der Waals surface area contributed by atoms with Crippen LogP contribution in [0, 0.1) is 0 Å². The summed E-state index contributed by atoms with van der Waals surface area (Å²) in [6.45, 7) is 4.65. The minimum Gasteiger partial charge on any atom is -0.387 e. The lowest BCUT2D eigenvalue weighted by molar-refractivity contribution is -0.870. The van der Waals surface area contributed by atoms with Crippen LogP contribution in [0.25, 0.3) is 0 Å². The second-order valence-electron chi connectivity index (χ2n) is 17.8. The molecule has 8 nitrogen and oxygen atoms in total. The van der Waals surface area contributed by atoms with E-state index in [0.29, 0.717) is 17.4 Å². The number of likely N-dealkylation sites (N-methyl/N-ethyl adjacent to an activating group) is 1. The van der Waals surface area contributed by atoms with Crippen molar-refractivity contribution in [1.82, 2.24) is 5.32 Å². The third kappa shape index (κ3) is 47.1. The molecule has 0 aliphatic heterocycles. The van der Waals surface area contributed by atoms with Gasteiger partial charge in [-0.05, 0) is 83.5 Å². The van der Waals surface area contributed by atoms with Crippen LogP contribution in [0.2, 0.25) is 0 Å². The number of phosphoric acid groups is 1. The molecule has 0 saturated carbocycles. The van der Waals surface area contributed by atoms with Gasteiger partial charge in [0.1, 0.15) is 13.2 Å². The zero-order valence-corrected chi connectivity index (χ0v) is 42.4. The number of allylic oxidation sites excluding steroid dienone is 17. The van der Waals surface area contributed by atoms with Crippen LogP contribution in [0.1, 0.15) is 181 Å². The van der Waals surface area contributed by atoms with Crippen LogP contribution in [0.3, 0.4) is 0 Å². The Balaban J connectivity index is 4.35. The van der Waals surface area contributed by atoms with Gasteiger partial charge in [0.25, 0.3) is 0 Å². The monoisotopic (exact) mass is 912 g/mol. The molecule has 0 aromatic heterocycles. The second kappa shape index (κ2) is 45.3.